The van der Waals surface area contributed by atoms with Gasteiger partial charge in [-0.1, -0.05) is 5.92 Å². The molecule has 2 aromatic rings. The highest BCUT2D eigenvalue weighted by atomic mass is 16.5. The molecule has 0 radical (unpaired) electrons. The van der Waals surface area contributed by atoms with Crippen LogP contribution in [0.15, 0.2) is 4.79 Å². The molecule has 29 heavy (non-hydrogen) atoms. The fourth-order valence-electron chi connectivity index (χ4n) is 3.23. The van der Waals surface area contributed by atoms with Gasteiger partial charge in [0, 0.05) is 39.8 Å². The van der Waals surface area contributed by atoms with Gasteiger partial charge in [-0.15, -0.1) is 5.92 Å². The van der Waals surface area contributed by atoms with Gasteiger partial charge in [0.05, 0.1) is 19.6 Å². The van der Waals surface area contributed by atoms with Crippen molar-refractivity contribution in [1.29, 1.82) is 0 Å². The van der Waals surface area contributed by atoms with E-state index >= 15 is 0 Å². The first-order chi connectivity index (χ1) is 14.1. The number of nitrogens with one attached hydrogen (secondary N) is 2. The van der Waals surface area contributed by atoms with Gasteiger partial charge in [-0.05, 0) is 13.8 Å². The van der Waals surface area contributed by atoms with Crippen molar-refractivity contribution in [2.75, 3.05) is 49.5 Å². The summed E-state index contributed by atoms with van der Waals surface area (Å²) in [6, 6.07) is 0. The van der Waals surface area contributed by atoms with E-state index in [9.17, 15) is 9.59 Å². The number of carbonyl (C=O) groups excluding carboxylic acids is 1. The standard InChI is InChI=1S/C19H27N7O3/c1-4-6-11-26-15-16(23-19(26)25-12-9-20-10-13-25)22-18(24(3)17(15)28)21-8-7-14(27)29-5-2/h20H,5,7-13H2,1-3H3,(H,21,22). The van der Waals surface area contributed by atoms with Crippen LogP contribution in [0, 0.1) is 11.8 Å². The summed E-state index contributed by atoms with van der Waals surface area (Å²) in [6.45, 7) is 7.88. The Balaban J connectivity index is 1.96. The molecule has 2 N–H and O–H groups in total. The third kappa shape index (κ3) is 4.51. The maximum Gasteiger partial charge on any atom is 0.307 e. The van der Waals surface area contributed by atoms with Crippen LogP contribution >= 0.6 is 0 Å². The summed E-state index contributed by atoms with van der Waals surface area (Å²) in [5, 5.41) is 6.35. The number of hydrogen-bond acceptors (Lipinski definition) is 8. The first kappa shape index (κ1) is 20.7. The number of imidazole rings is 1. The molecule has 0 amide bonds. The van der Waals surface area contributed by atoms with Gasteiger partial charge in [0.25, 0.3) is 5.56 Å². The molecule has 1 aliphatic heterocycles. The van der Waals surface area contributed by atoms with E-state index in [1.165, 1.54) is 4.57 Å². The van der Waals surface area contributed by atoms with Crippen molar-refractivity contribution in [1.82, 2.24) is 24.4 Å². The Labute approximate surface area is 169 Å². The van der Waals surface area contributed by atoms with Crippen molar-refractivity contribution in [3.8, 4) is 11.8 Å². The van der Waals surface area contributed by atoms with Gasteiger partial charge in [0.2, 0.25) is 11.9 Å². The van der Waals surface area contributed by atoms with Gasteiger partial charge in [0.1, 0.15) is 0 Å². The van der Waals surface area contributed by atoms with Crippen LogP contribution in [0.2, 0.25) is 0 Å². The Morgan fingerprint density at radius 1 is 1.31 bits per heavy atom. The minimum atomic E-state index is -0.297. The van der Waals surface area contributed by atoms with Gasteiger partial charge in [-0.25, -0.2) is 0 Å². The highest BCUT2D eigenvalue weighted by Crippen LogP contribution is 2.20. The summed E-state index contributed by atoms with van der Waals surface area (Å²) < 4.78 is 8.20. The lowest BCUT2D eigenvalue weighted by Crippen LogP contribution is -2.44. The number of fused-ring (bicyclic) bond motifs is 1. The maximum absolute atomic E-state index is 13.1. The highest BCUT2D eigenvalue weighted by molar-refractivity contribution is 5.76. The van der Waals surface area contributed by atoms with Crippen molar-refractivity contribution in [3.63, 3.8) is 0 Å². The first-order valence-electron chi connectivity index (χ1n) is 9.78. The third-order valence-corrected chi connectivity index (χ3v) is 4.70. The molecule has 3 rings (SSSR count). The molecular formula is C19H27N7O3. The number of nitrogens with zero attached hydrogens (tertiary/aromatic N) is 5. The monoisotopic (exact) mass is 401 g/mol. The fraction of sp³-hybridized carbons (Fsp3) is 0.579. The second-order valence-corrected chi connectivity index (χ2v) is 6.62. The predicted octanol–water partition coefficient (Wildman–Crippen LogP) is -0.0720. The Hall–Kier alpha value is -3.06. The fourth-order valence-corrected chi connectivity index (χ4v) is 3.23. The van der Waals surface area contributed by atoms with Gasteiger partial charge in [-0.3, -0.25) is 18.7 Å². The molecule has 1 aliphatic rings. The largest absolute Gasteiger partial charge is 0.466 e. The number of aromatic nitrogens is 4. The molecule has 2 aromatic heterocycles. The summed E-state index contributed by atoms with van der Waals surface area (Å²) in [5.74, 6) is 6.69. The zero-order valence-corrected chi connectivity index (χ0v) is 17.1. The van der Waals surface area contributed by atoms with E-state index < -0.39 is 0 Å². The zero-order chi connectivity index (χ0) is 20.8. The second-order valence-electron chi connectivity index (χ2n) is 6.62. The Bertz CT molecular complexity index is 993. The van der Waals surface area contributed by atoms with E-state index in [4.69, 9.17) is 4.74 Å². The number of esters is 1. The van der Waals surface area contributed by atoms with Crippen LogP contribution in [0.4, 0.5) is 11.9 Å². The van der Waals surface area contributed by atoms with E-state index in [0.29, 0.717) is 42.8 Å². The van der Waals surface area contributed by atoms with Crippen molar-refractivity contribution in [3.05, 3.63) is 10.4 Å². The number of hydrogen-bond donors (Lipinski definition) is 2. The van der Waals surface area contributed by atoms with Gasteiger partial charge in [-0.2, -0.15) is 9.97 Å². The van der Waals surface area contributed by atoms with Crippen LogP contribution in [-0.4, -0.2) is 64.4 Å². The average molecular weight is 401 g/mol. The van der Waals surface area contributed by atoms with E-state index in [-0.39, 0.29) is 17.9 Å². The first-order valence-corrected chi connectivity index (χ1v) is 9.78. The maximum atomic E-state index is 13.1. The molecule has 0 aromatic carbocycles. The molecule has 0 spiro atoms. The lowest BCUT2D eigenvalue weighted by molar-refractivity contribution is -0.142. The average Bonchev–Trinajstić information content (AvgIpc) is 3.09. The predicted molar refractivity (Wildman–Crippen MR) is 111 cm³/mol. The van der Waals surface area contributed by atoms with Crippen LogP contribution in [-0.2, 0) is 23.1 Å². The van der Waals surface area contributed by atoms with Crippen LogP contribution < -0.4 is 21.1 Å². The molecule has 0 atom stereocenters. The van der Waals surface area contributed by atoms with Crippen molar-refractivity contribution >= 4 is 29.0 Å². The van der Waals surface area contributed by atoms with Crippen LogP contribution in [0.1, 0.15) is 20.3 Å². The third-order valence-electron chi connectivity index (χ3n) is 4.70. The van der Waals surface area contributed by atoms with E-state index in [2.05, 4.69) is 37.3 Å². The Morgan fingerprint density at radius 2 is 2.07 bits per heavy atom. The van der Waals surface area contributed by atoms with Crippen molar-refractivity contribution in [2.45, 2.75) is 26.8 Å². The van der Waals surface area contributed by atoms with Crippen LogP contribution in [0.5, 0.6) is 0 Å². The van der Waals surface area contributed by atoms with Crippen LogP contribution in [0.25, 0.3) is 11.2 Å². The minimum Gasteiger partial charge on any atom is -0.466 e. The number of piperazine rings is 1. The molecule has 1 fully saturated rings. The summed E-state index contributed by atoms with van der Waals surface area (Å²) >= 11 is 0. The van der Waals surface area contributed by atoms with E-state index in [0.717, 1.165) is 26.2 Å². The zero-order valence-electron chi connectivity index (χ0n) is 17.1. The number of rotatable bonds is 7. The molecule has 10 nitrogen and oxygen atoms in total. The summed E-state index contributed by atoms with van der Waals surface area (Å²) in [4.78, 5) is 36.0. The topological polar surface area (TPSA) is 106 Å². The molecule has 0 bridgehead atoms. The molecular weight excluding hydrogens is 374 g/mol. The summed E-state index contributed by atoms with van der Waals surface area (Å²) in [5.41, 5.74) is 0.596. The highest BCUT2D eigenvalue weighted by Gasteiger charge is 2.22. The molecule has 3 heterocycles. The molecule has 0 saturated carbocycles. The number of ether oxygens (including phenoxy) is 1. The van der Waals surface area contributed by atoms with Crippen molar-refractivity contribution < 1.29 is 9.53 Å². The smallest absolute Gasteiger partial charge is 0.307 e. The van der Waals surface area contributed by atoms with Crippen LogP contribution in [0.3, 0.4) is 0 Å². The number of anilines is 2. The summed E-state index contributed by atoms with van der Waals surface area (Å²) in [6.07, 6.45) is 0.189. The van der Waals surface area contributed by atoms with E-state index in [1.54, 1.807) is 20.9 Å². The second kappa shape index (κ2) is 9.43. The lowest BCUT2D eigenvalue weighted by atomic mass is 10.4. The number of carbonyl (C=O) groups is 1. The molecule has 1 saturated heterocycles. The molecule has 0 unspecified atom stereocenters. The van der Waals surface area contributed by atoms with Gasteiger partial charge >= 0.3 is 5.97 Å². The quantitative estimate of drug-likeness (QED) is 0.491. The molecule has 0 aliphatic carbocycles. The molecule has 10 heteroatoms. The molecule has 156 valence electrons. The lowest BCUT2D eigenvalue weighted by Gasteiger charge is -2.28. The van der Waals surface area contributed by atoms with E-state index in [1.807, 2.05) is 4.57 Å². The normalized spacial score (nSPS) is 13.8. The summed E-state index contributed by atoms with van der Waals surface area (Å²) in [7, 11) is 1.65. The Morgan fingerprint density at radius 3 is 2.76 bits per heavy atom. The minimum absolute atomic E-state index is 0.189. The van der Waals surface area contributed by atoms with Crippen molar-refractivity contribution in [2.24, 2.45) is 7.05 Å². The SMILES string of the molecule is CC#CCn1c(N2CCNCC2)nc2nc(NCCC(=O)OCC)n(C)c(=O)c21. The van der Waals surface area contributed by atoms with Gasteiger partial charge < -0.3 is 20.3 Å². The van der Waals surface area contributed by atoms with Gasteiger partial charge in [0.15, 0.2) is 11.2 Å². The Kier molecular flexibility index (Phi) is 6.72.